The minimum atomic E-state index is -0.154. The van der Waals surface area contributed by atoms with E-state index in [0.717, 1.165) is 24.0 Å². The van der Waals surface area contributed by atoms with Gasteiger partial charge in [0, 0.05) is 19.2 Å². The molecule has 160 valence electrons. The first-order chi connectivity index (χ1) is 15.0. The van der Waals surface area contributed by atoms with Crippen LogP contribution in [0.15, 0.2) is 30.6 Å². The highest BCUT2D eigenvalue weighted by molar-refractivity contribution is 6.04. The van der Waals surface area contributed by atoms with Crippen molar-refractivity contribution in [3.05, 3.63) is 47.3 Å². The fourth-order valence-electron chi connectivity index (χ4n) is 4.27. The molecule has 0 unspecified atom stereocenters. The van der Waals surface area contributed by atoms with Crippen molar-refractivity contribution in [2.45, 2.75) is 51.6 Å². The van der Waals surface area contributed by atoms with Crippen molar-refractivity contribution in [1.82, 2.24) is 25.6 Å². The second kappa shape index (κ2) is 7.68. The first-order valence-corrected chi connectivity index (χ1v) is 10.7. The van der Waals surface area contributed by atoms with E-state index in [1.807, 2.05) is 25.1 Å². The van der Waals surface area contributed by atoms with E-state index in [1.165, 1.54) is 19.8 Å². The zero-order valence-electron chi connectivity index (χ0n) is 17.6. The molecule has 1 aromatic carbocycles. The van der Waals surface area contributed by atoms with Gasteiger partial charge < -0.3 is 20.4 Å². The Kier molecular flexibility index (Phi) is 4.84. The third-order valence-electron chi connectivity index (χ3n) is 6.08. The lowest BCUT2D eigenvalue weighted by Gasteiger charge is -2.13. The zero-order chi connectivity index (χ0) is 21.5. The van der Waals surface area contributed by atoms with Crippen LogP contribution in [0.1, 0.15) is 60.6 Å². The van der Waals surface area contributed by atoms with E-state index in [-0.39, 0.29) is 23.9 Å². The molecule has 0 aliphatic heterocycles. The van der Waals surface area contributed by atoms with Gasteiger partial charge in [-0.1, -0.05) is 6.07 Å². The predicted octanol–water partition coefficient (Wildman–Crippen LogP) is 3.40. The van der Waals surface area contributed by atoms with Crippen LogP contribution in [0, 0.1) is 5.92 Å². The number of hydrogen-bond donors (Lipinski definition) is 3. The summed E-state index contributed by atoms with van der Waals surface area (Å²) in [7, 11) is 0. The molecule has 2 aliphatic rings. The molecule has 8 nitrogen and oxygen atoms in total. The lowest BCUT2D eigenvalue weighted by atomic mass is 10.1. The molecule has 1 fully saturated rings. The highest BCUT2D eigenvalue weighted by atomic mass is 16.5. The molecular weight excluding hydrogens is 394 g/mol. The number of H-pyrrole nitrogens is 1. The number of aromatic nitrogens is 3. The third kappa shape index (κ3) is 3.97. The second-order valence-corrected chi connectivity index (χ2v) is 8.46. The average molecular weight is 419 g/mol. The molecule has 2 aromatic heterocycles. The lowest BCUT2D eigenvalue weighted by molar-refractivity contribution is -0.119. The van der Waals surface area contributed by atoms with Gasteiger partial charge in [-0.05, 0) is 61.8 Å². The Hall–Kier alpha value is -3.42. The van der Waals surface area contributed by atoms with Crippen molar-refractivity contribution >= 4 is 23.0 Å². The van der Waals surface area contributed by atoms with Crippen LogP contribution in [0.4, 0.5) is 0 Å². The van der Waals surface area contributed by atoms with Gasteiger partial charge in [-0.25, -0.2) is 9.97 Å². The molecule has 31 heavy (non-hydrogen) atoms. The van der Waals surface area contributed by atoms with Crippen LogP contribution in [-0.2, 0) is 11.2 Å². The van der Waals surface area contributed by atoms with Crippen LogP contribution in [0.3, 0.4) is 0 Å². The Morgan fingerprint density at radius 2 is 2.10 bits per heavy atom. The molecule has 0 saturated heterocycles. The summed E-state index contributed by atoms with van der Waals surface area (Å²) in [4.78, 5) is 36.0. The fourth-order valence-corrected chi connectivity index (χ4v) is 4.27. The summed E-state index contributed by atoms with van der Waals surface area (Å²) in [6, 6.07) is 6.03. The van der Waals surface area contributed by atoms with Crippen LogP contribution in [0.2, 0.25) is 0 Å². The Labute approximate surface area is 179 Å². The fraction of sp³-hybridized carbons (Fsp3) is 0.391. The molecule has 0 bridgehead atoms. The summed E-state index contributed by atoms with van der Waals surface area (Å²) in [5, 5.41) is 6.04. The maximum absolute atomic E-state index is 12.7. The van der Waals surface area contributed by atoms with Gasteiger partial charge in [0.05, 0.1) is 17.8 Å². The quantitative estimate of drug-likeness (QED) is 0.567. The first-order valence-electron chi connectivity index (χ1n) is 10.7. The average Bonchev–Trinajstić information content (AvgIpc) is 3.40. The van der Waals surface area contributed by atoms with E-state index < -0.39 is 0 Å². The molecular formula is C23H25N5O3. The Morgan fingerprint density at radius 3 is 2.87 bits per heavy atom. The topological polar surface area (TPSA) is 109 Å². The molecule has 2 atom stereocenters. The van der Waals surface area contributed by atoms with E-state index >= 15 is 0 Å². The number of carbonyl (C=O) groups is 2. The van der Waals surface area contributed by atoms with Gasteiger partial charge in [0.2, 0.25) is 11.8 Å². The molecule has 0 spiro atoms. The summed E-state index contributed by atoms with van der Waals surface area (Å²) in [6.07, 6.45) is 7.27. The lowest BCUT2D eigenvalue weighted by Crippen LogP contribution is -2.33. The number of carbonyl (C=O) groups excluding carboxylic acids is 2. The molecule has 2 amide bonds. The number of ether oxygens (including phenoxy) is 1. The van der Waals surface area contributed by atoms with E-state index in [0.29, 0.717) is 34.3 Å². The Morgan fingerprint density at radius 1 is 1.26 bits per heavy atom. The molecule has 2 aliphatic carbocycles. The number of nitrogens with zero attached hydrogens (tertiary/aromatic N) is 2. The first kappa shape index (κ1) is 19.5. The highest BCUT2D eigenvalue weighted by Gasteiger charge is 2.30. The van der Waals surface area contributed by atoms with Crippen molar-refractivity contribution < 1.29 is 14.3 Å². The van der Waals surface area contributed by atoms with Gasteiger partial charge >= 0.3 is 0 Å². The molecule has 3 aromatic rings. The molecule has 2 heterocycles. The third-order valence-corrected chi connectivity index (χ3v) is 6.08. The number of nitrogens with one attached hydrogen (secondary N) is 3. The highest BCUT2D eigenvalue weighted by Crippen LogP contribution is 2.35. The summed E-state index contributed by atoms with van der Waals surface area (Å²) in [5.41, 5.74) is 3.78. The standard InChI is InChI=1S/C23H25N5O3/c1-12(14-3-4-14)26-23(30)18-10-24-22-21(18)28-20(11-25-22)31-16-6-7-17-15(9-16)5-8-19(17)27-13(2)29/h6-7,9-12,14,19H,3-5,8H2,1-2H3,(H,24,25)(H,26,30)(H,27,29)/t12-,19-/m1/s1. The van der Waals surface area contributed by atoms with Crippen LogP contribution >= 0.6 is 0 Å². The second-order valence-electron chi connectivity index (χ2n) is 8.46. The molecule has 1 saturated carbocycles. The number of hydrogen-bond acceptors (Lipinski definition) is 5. The van der Waals surface area contributed by atoms with Gasteiger partial charge in [-0.2, -0.15) is 0 Å². The number of benzene rings is 1. The van der Waals surface area contributed by atoms with E-state index in [4.69, 9.17) is 4.74 Å². The SMILES string of the molecule is CC(=O)N[C@@H]1CCc2cc(Oc3cnc4[nH]cc(C(=O)N[C@H](C)C5CC5)c4n3)ccc21. The maximum atomic E-state index is 12.7. The van der Waals surface area contributed by atoms with Gasteiger partial charge in [-0.3, -0.25) is 9.59 Å². The number of fused-ring (bicyclic) bond motifs is 2. The number of aromatic amines is 1. The minimum Gasteiger partial charge on any atom is -0.437 e. The van der Waals surface area contributed by atoms with Crippen LogP contribution in [-0.4, -0.2) is 32.8 Å². The number of rotatable bonds is 6. The van der Waals surface area contributed by atoms with Crippen molar-refractivity contribution in [2.75, 3.05) is 0 Å². The van der Waals surface area contributed by atoms with Crippen LogP contribution in [0.25, 0.3) is 11.2 Å². The summed E-state index contributed by atoms with van der Waals surface area (Å²) < 4.78 is 5.95. The molecule has 3 N–H and O–H groups in total. The van der Waals surface area contributed by atoms with Gasteiger partial charge in [0.25, 0.3) is 5.91 Å². The maximum Gasteiger partial charge on any atom is 0.255 e. The summed E-state index contributed by atoms with van der Waals surface area (Å²) in [6.45, 7) is 3.57. The molecule has 5 rings (SSSR count). The van der Waals surface area contributed by atoms with E-state index in [9.17, 15) is 9.59 Å². The Bertz CT molecular complexity index is 1170. The van der Waals surface area contributed by atoms with Crippen molar-refractivity contribution in [3.8, 4) is 11.6 Å². The van der Waals surface area contributed by atoms with Gasteiger partial charge in [0.15, 0.2) is 5.65 Å². The molecule has 0 radical (unpaired) electrons. The Balaban J connectivity index is 1.35. The molecule has 8 heteroatoms. The normalized spacial score (nSPS) is 18.5. The van der Waals surface area contributed by atoms with Gasteiger partial charge in [-0.15, -0.1) is 0 Å². The van der Waals surface area contributed by atoms with Crippen molar-refractivity contribution in [2.24, 2.45) is 5.92 Å². The number of amides is 2. The van der Waals surface area contributed by atoms with Crippen LogP contribution < -0.4 is 15.4 Å². The monoisotopic (exact) mass is 419 g/mol. The summed E-state index contributed by atoms with van der Waals surface area (Å²) >= 11 is 0. The minimum absolute atomic E-state index is 0.0281. The van der Waals surface area contributed by atoms with Crippen molar-refractivity contribution in [3.63, 3.8) is 0 Å². The largest absolute Gasteiger partial charge is 0.437 e. The van der Waals surface area contributed by atoms with Crippen molar-refractivity contribution in [1.29, 1.82) is 0 Å². The smallest absolute Gasteiger partial charge is 0.255 e. The van der Waals surface area contributed by atoms with E-state index in [2.05, 4.69) is 25.6 Å². The van der Waals surface area contributed by atoms with Gasteiger partial charge in [0.1, 0.15) is 11.3 Å². The zero-order valence-corrected chi connectivity index (χ0v) is 17.6. The number of aryl methyl sites for hydroxylation is 1. The van der Waals surface area contributed by atoms with E-state index in [1.54, 1.807) is 12.4 Å². The summed E-state index contributed by atoms with van der Waals surface area (Å²) in [5.74, 6) is 1.37. The van der Waals surface area contributed by atoms with Crippen LogP contribution in [0.5, 0.6) is 11.6 Å². The predicted molar refractivity (Wildman–Crippen MR) is 115 cm³/mol.